The lowest BCUT2D eigenvalue weighted by atomic mass is 10.3. The largest absolute Gasteiger partial charge is 0.375 e. The summed E-state index contributed by atoms with van der Waals surface area (Å²) >= 11 is 2.07. The van der Waals surface area contributed by atoms with Gasteiger partial charge in [0.15, 0.2) is 0 Å². The average Bonchev–Trinajstić information content (AvgIpc) is 2.27. The number of thioether (sulfide) groups is 1. The summed E-state index contributed by atoms with van der Waals surface area (Å²) < 4.78 is 5.61. The van der Waals surface area contributed by atoms with E-state index in [1.807, 2.05) is 0 Å². The molecule has 0 aromatic heterocycles. The molecular formula is C7H13NOS. The first-order valence-electron chi connectivity index (χ1n) is 3.78. The molecule has 10 heavy (non-hydrogen) atoms. The molecule has 0 spiro atoms. The number of likely N-dealkylation sites (N-methyl/N-ethyl adjacent to an activating group) is 1. The molecule has 0 aromatic carbocycles. The molecule has 0 aromatic rings. The van der Waals surface area contributed by atoms with Crippen molar-refractivity contribution in [2.75, 3.05) is 32.5 Å². The number of ether oxygens (including phenoxy) is 1. The van der Waals surface area contributed by atoms with Gasteiger partial charge in [0.2, 0.25) is 0 Å². The van der Waals surface area contributed by atoms with Gasteiger partial charge in [-0.2, -0.15) is 11.8 Å². The van der Waals surface area contributed by atoms with Crippen molar-refractivity contribution in [3.05, 3.63) is 0 Å². The Hall–Kier alpha value is 0.270. The molecule has 2 aliphatic rings. The van der Waals surface area contributed by atoms with E-state index in [0.717, 1.165) is 18.4 Å². The molecule has 3 heteroatoms. The van der Waals surface area contributed by atoms with Gasteiger partial charge in [0.05, 0.1) is 12.7 Å². The number of hydrogen-bond acceptors (Lipinski definition) is 3. The number of likely N-dealkylation sites (tertiary alicyclic amines) is 1. The molecule has 2 aliphatic heterocycles. The summed E-state index contributed by atoms with van der Waals surface area (Å²) in [6.45, 7) is 3.31. The van der Waals surface area contributed by atoms with Crippen LogP contribution in [0, 0.1) is 0 Å². The molecule has 2 rings (SSSR count). The molecular weight excluding hydrogens is 146 g/mol. The maximum atomic E-state index is 5.61. The second-order valence-electron chi connectivity index (χ2n) is 3.04. The summed E-state index contributed by atoms with van der Waals surface area (Å²) in [5, 5.41) is 0.763. The molecule has 2 unspecified atom stereocenters. The van der Waals surface area contributed by atoms with Crippen LogP contribution < -0.4 is 0 Å². The zero-order valence-corrected chi connectivity index (χ0v) is 7.06. The average molecular weight is 159 g/mol. The Morgan fingerprint density at radius 2 is 2.40 bits per heavy atom. The quantitative estimate of drug-likeness (QED) is 0.508. The van der Waals surface area contributed by atoms with Gasteiger partial charge < -0.3 is 9.64 Å². The molecule has 0 radical (unpaired) electrons. The fourth-order valence-corrected chi connectivity index (χ4v) is 2.88. The van der Waals surface area contributed by atoms with Crippen LogP contribution in [-0.4, -0.2) is 48.8 Å². The van der Waals surface area contributed by atoms with Crippen molar-refractivity contribution in [2.24, 2.45) is 0 Å². The molecule has 0 bridgehead atoms. The molecule has 2 heterocycles. The minimum absolute atomic E-state index is 0.531. The van der Waals surface area contributed by atoms with Gasteiger partial charge in [-0.1, -0.05) is 0 Å². The molecule has 2 nitrogen and oxygen atoms in total. The van der Waals surface area contributed by atoms with Crippen molar-refractivity contribution in [2.45, 2.75) is 11.4 Å². The summed E-state index contributed by atoms with van der Waals surface area (Å²) in [7, 11) is 2.17. The Balaban J connectivity index is 1.97. The maximum absolute atomic E-state index is 5.61. The Kier molecular flexibility index (Phi) is 1.89. The molecule has 0 saturated carbocycles. The third-order valence-electron chi connectivity index (χ3n) is 2.15. The van der Waals surface area contributed by atoms with Gasteiger partial charge in [-0.3, -0.25) is 0 Å². The Bertz CT molecular complexity index is 117. The lowest BCUT2D eigenvalue weighted by molar-refractivity contribution is 0.0696. The van der Waals surface area contributed by atoms with E-state index < -0.39 is 0 Å². The van der Waals surface area contributed by atoms with Gasteiger partial charge in [-0.25, -0.2) is 0 Å². The van der Waals surface area contributed by atoms with Crippen molar-refractivity contribution in [1.29, 1.82) is 0 Å². The van der Waals surface area contributed by atoms with Crippen LogP contribution in [0.2, 0.25) is 0 Å². The molecule has 2 fully saturated rings. The van der Waals surface area contributed by atoms with E-state index in [4.69, 9.17) is 4.74 Å². The van der Waals surface area contributed by atoms with E-state index in [9.17, 15) is 0 Å². The van der Waals surface area contributed by atoms with Crippen molar-refractivity contribution in [3.63, 3.8) is 0 Å². The summed E-state index contributed by atoms with van der Waals surface area (Å²) in [5.41, 5.74) is 0. The van der Waals surface area contributed by atoms with Gasteiger partial charge in [0.25, 0.3) is 0 Å². The lowest BCUT2D eigenvalue weighted by Gasteiger charge is -2.23. The molecule has 0 aliphatic carbocycles. The van der Waals surface area contributed by atoms with Gasteiger partial charge >= 0.3 is 0 Å². The topological polar surface area (TPSA) is 12.5 Å². The monoisotopic (exact) mass is 159 g/mol. The summed E-state index contributed by atoms with van der Waals surface area (Å²) in [4.78, 5) is 2.35. The zero-order valence-electron chi connectivity index (χ0n) is 6.25. The summed E-state index contributed by atoms with van der Waals surface area (Å²) in [5.74, 6) is 1.19. The van der Waals surface area contributed by atoms with Gasteiger partial charge in [0, 0.05) is 24.1 Å². The van der Waals surface area contributed by atoms with Crippen molar-refractivity contribution in [3.8, 4) is 0 Å². The van der Waals surface area contributed by atoms with Crippen LogP contribution in [-0.2, 0) is 4.74 Å². The van der Waals surface area contributed by atoms with E-state index in [1.54, 1.807) is 0 Å². The summed E-state index contributed by atoms with van der Waals surface area (Å²) in [6.07, 6.45) is 0.531. The van der Waals surface area contributed by atoms with E-state index >= 15 is 0 Å². The molecule has 58 valence electrons. The van der Waals surface area contributed by atoms with Gasteiger partial charge in [-0.05, 0) is 7.05 Å². The van der Waals surface area contributed by atoms with Crippen LogP contribution in [0.15, 0.2) is 0 Å². The predicted octanol–water partition coefficient (Wildman–Crippen LogP) is 0.432. The van der Waals surface area contributed by atoms with E-state index in [2.05, 4.69) is 23.7 Å². The second kappa shape index (κ2) is 2.72. The van der Waals surface area contributed by atoms with Crippen LogP contribution in [0.5, 0.6) is 0 Å². The van der Waals surface area contributed by atoms with E-state index in [-0.39, 0.29) is 0 Å². The fourth-order valence-electron chi connectivity index (χ4n) is 1.64. The molecule has 2 atom stereocenters. The van der Waals surface area contributed by atoms with Crippen LogP contribution >= 0.6 is 11.8 Å². The minimum atomic E-state index is 0.531. The maximum Gasteiger partial charge on any atom is 0.0832 e. The second-order valence-corrected chi connectivity index (χ2v) is 4.39. The van der Waals surface area contributed by atoms with Crippen molar-refractivity contribution in [1.82, 2.24) is 4.90 Å². The Morgan fingerprint density at radius 1 is 1.50 bits per heavy atom. The first-order chi connectivity index (χ1) is 4.86. The lowest BCUT2D eigenvalue weighted by Crippen LogP contribution is -2.30. The molecule has 2 saturated heterocycles. The Morgan fingerprint density at radius 3 is 3.20 bits per heavy atom. The minimum Gasteiger partial charge on any atom is -0.375 e. The highest BCUT2D eigenvalue weighted by atomic mass is 32.2. The highest BCUT2D eigenvalue weighted by Crippen LogP contribution is 2.27. The number of nitrogens with zero attached hydrogens (tertiary/aromatic N) is 1. The molecule has 0 amide bonds. The van der Waals surface area contributed by atoms with Gasteiger partial charge in [0.1, 0.15) is 0 Å². The van der Waals surface area contributed by atoms with Crippen molar-refractivity contribution >= 4 is 11.8 Å². The van der Waals surface area contributed by atoms with Crippen LogP contribution in [0.3, 0.4) is 0 Å². The fraction of sp³-hybridized carbons (Fsp3) is 1.00. The standard InChI is InChI=1S/C7H13NOS/c1-8-4-6-7(5-8)10-3-2-9-6/h6-7H,2-5H2,1H3. The van der Waals surface area contributed by atoms with Gasteiger partial charge in [-0.15, -0.1) is 0 Å². The zero-order chi connectivity index (χ0) is 6.97. The van der Waals surface area contributed by atoms with E-state index in [0.29, 0.717) is 6.10 Å². The SMILES string of the molecule is CN1CC2OCCSC2C1. The first kappa shape index (κ1) is 6.95. The first-order valence-corrected chi connectivity index (χ1v) is 4.83. The number of fused-ring (bicyclic) bond motifs is 1. The normalized spacial score (nSPS) is 41.7. The Labute approximate surface area is 65.9 Å². The van der Waals surface area contributed by atoms with E-state index in [1.165, 1.54) is 12.3 Å². The predicted molar refractivity (Wildman–Crippen MR) is 43.5 cm³/mol. The van der Waals surface area contributed by atoms with Crippen LogP contribution in [0.4, 0.5) is 0 Å². The summed E-state index contributed by atoms with van der Waals surface area (Å²) in [6, 6.07) is 0. The molecule has 0 N–H and O–H groups in total. The smallest absolute Gasteiger partial charge is 0.0832 e. The van der Waals surface area contributed by atoms with Crippen LogP contribution in [0.25, 0.3) is 0 Å². The third kappa shape index (κ3) is 1.18. The highest BCUT2D eigenvalue weighted by molar-refractivity contribution is 8.00. The number of rotatable bonds is 0. The highest BCUT2D eigenvalue weighted by Gasteiger charge is 2.33. The third-order valence-corrected chi connectivity index (χ3v) is 3.43. The number of hydrogen-bond donors (Lipinski definition) is 0. The van der Waals surface area contributed by atoms with Crippen LogP contribution in [0.1, 0.15) is 0 Å². The van der Waals surface area contributed by atoms with Crippen molar-refractivity contribution < 1.29 is 4.74 Å².